The van der Waals surface area contributed by atoms with E-state index in [1.807, 2.05) is 0 Å². The second-order valence-electron chi connectivity index (χ2n) is 13.4. The average Bonchev–Trinajstić information content (AvgIpc) is 3.28. The number of fused-ring (bicyclic) bond motifs is 3. The molecule has 0 nitrogen and oxygen atoms in total. The van der Waals surface area contributed by atoms with Gasteiger partial charge >= 0.3 is 0 Å². The summed E-state index contributed by atoms with van der Waals surface area (Å²) < 4.78 is 0. The van der Waals surface area contributed by atoms with Crippen LogP contribution in [0.15, 0.2) is 127 Å². The van der Waals surface area contributed by atoms with Crippen molar-refractivity contribution in [3.8, 4) is 11.1 Å². The molecule has 0 bridgehead atoms. The van der Waals surface area contributed by atoms with Crippen LogP contribution in [0.2, 0.25) is 0 Å². The maximum Gasteiger partial charge on any atom is 0.0560 e. The van der Waals surface area contributed by atoms with Crippen molar-refractivity contribution in [3.05, 3.63) is 166 Å². The molecule has 0 unspecified atom stereocenters. The minimum atomic E-state index is -0.420. The van der Waals surface area contributed by atoms with Gasteiger partial charge in [-0.3, -0.25) is 0 Å². The Balaban J connectivity index is 1.80. The molecule has 0 heterocycles. The molecule has 5 aromatic carbocycles. The van der Waals surface area contributed by atoms with Gasteiger partial charge in [-0.1, -0.05) is 169 Å². The Morgan fingerprint density at radius 2 is 0.700 bits per heavy atom. The first-order valence-electron chi connectivity index (χ1n) is 14.6. The van der Waals surface area contributed by atoms with Crippen molar-refractivity contribution in [2.45, 2.75) is 63.7 Å². The van der Waals surface area contributed by atoms with E-state index >= 15 is 0 Å². The number of hydrogen-bond donors (Lipinski definition) is 0. The lowest BCUT2D eigenvalue weighted by Crippen LogP contribution is -2.36. The molecule has 40 heavy (non-hydrogen) atoms. The van der Waals surface area contributed by atoms with Crippen LogP contribution in [0.5, 0.6) is 0 Å². The second-order valence-corrected chi connectivity index (χ2v) is 13.4. The van der Waals surface area contributed by atoms with Crippen LogP contribution < -0.4 is 0 Å². The number of benzene rings is 5. The van der Waals surface area contributed by atoms with E-state index in [9.17, 15) is 0 Å². The Morgan fingerprint density at radius 3 is 1.00 bits per heavy atom. The van der Waals surface area contributed by atoms with Crippen LogP contribution in [0.3, 0.4) is 0 Å². The van der Waals surface area contributed by atoms with Crippen LogP contribution >= 0.6 is 0 Å². The van der Waals surface area contributed by atoms with Crippen LogP contribution in [0.4, 0.5) is 0 Å². The van der Waals surface area contributed by atoms with E-state index in [2.05, 4.69) is 169 Å². The molecule has 5 aromatic rings. The van der Waals surface area contributed by atoms with Crippen LogP contribution in [-0.4, -0.2) is 0 Å². The second kappa shape index (κ2) is 9.63. The van der Waals surface area contributed by atoms with Crippen molar-refractivity contribution in [1.82, 2.24) is 0 Å². The largest absolute Gasteiger partial charge is 0.0622 e. The Hall–Kier alpha value is -3.90. The first-order chi connectivity index (χ1) is 19.1. The normalized spacial score (nSPS) is 13.7. The lowest BCUT2D eigenvalue weighted by Gasteiger charge is -2.43. The quantitative estimate of drug-likeness (QED) is 0.207. The average molecular weight is 521 g/mol. The lowest BCUT2D eigenvalue weighted by atomic mass is 9.59. The lowest BCUT2D eigenvalue weighted by molar-refractivity contribution is 0.538. The molecule has 0 heteroatoms. The Morgan fingerprint density at radius 1 is 0.375 bits per heavy atom. The molecule has 0 atom stereocenters. The fourth-order valence-corrected chi connectivity index (χ4v) is 6.76. The summed E-state index contributed by atoms with van der Waals surface area (Å²) in [5.74, 6) is 0.106. The zero-order valence-electron chi connectivity index (χ0n) is 24.7. The third-order valence-electron chi connectivity index (χ3n) is 8.87. The third-order valence-corrected chi connectivity index (χ3v) is 8.87. The third kappa shape index (κ3) is 4.22. The predicted octanol–water partition coefficient (Wildman–Crippen LogP) is 10.4. The van der Waals surface area contributed by atoms with E-state index in [4.69, 9.17) is 0 Å². The topological polar surface area (TPSA) is 0 Å². The summed E-state index contributed by atoms with van der Waals surface area (Å²) in [5.41, 5.74) is 12.0. The van der Waals surface area contributed by atoms with Crippen LogP contribution in [0, 0.1) is 0 Å². The Bertz CT molecular complexity index is 1470. The van der Waals surface area contributed by atoms with E-state index in [-0.39, 0.29) is 16.7 Å². The molecule has 1 aliphatic carbocycles. The smallest absolute Gasteiger partial charge is 0.0560 e. The zero-order valence-corrected chi connectivity index (χ0v) is 24.7. The van der Waals surface area contributed by atoms with Gasteiger partial charge in [0.1, 0.15) is 0 Å². The van der Waals surface area contributed by atoms with E-state index in [0.717, 1.165) is 0 Å². The number of rotatable bonds is 4. The van der Waals surface area contributed by atoms with Gasteiger partial charge in [0.25, 0.3) is 0 Å². The summed E-state index contributed by atoms with van der Waals surface area (Å²) in [5, 5.41) is 0. The van der Waals surface area contributed by atoms with E-state index in [1.54, 1.807) is 0 Å². The van der Waals surface area contributed by atoms with Crippen LogP contribution in [-0.2, 0) is 16.2 Å². The van der Waals surface area contributed by atoms with Crippen molar-refractivity contribution < 1.29 is 0 Å². The van der Waals surface area contributed by atoms with Crippen LogP contribution in [0.1, 0.15) is 86.4 Å². The standard InChI is InChI=1S/C40H40/c1-38(2,3)31-22-24-33-34-25-23-32(39(4,5)6)27-36(34)37(35(33)26-31)40(28-16-10-7-11-17-28,29-18-12-8-13-19-29)30-20-14-9-15-21-30/h7-27,37H,1-6H3. The molecule has 0 radical (unpaired) electrons. The van der Waals surface area contributed by atoms with Gasteiger partial charge in [0.05, 0.1) is 5.41 Å². The predicted molar refractivity (Wildman–Crippen MR) is 170 cm³/mol. The summed E-state index contributed by atoms with van der Waals surface area (Å²) in [6.07, 6.45) is 0. The highest BCUT2D eigenvalue weighted by Crippen LogP contribution is 2.59. The first-order valence-corrected chi connectivity index (χ1v) is 14.6. The Kier molecular flexibility index (Phi) is 6.34. The maximum atomic E-state index is 2.51. The molecule has 0 amide bonds. The highest BCUT2D eigenvalue weighted by molar-refractivity contribution is 5.82. The number of hydrogen-bond acceptors (Lipinski definition) is 0. The summed E-state index contributed by atoms with van der Waals surface area (Å²) in [7, 11) is 0. The molecule has 0 saturated carbocycles. The van der Waals surface area contributed by atoms with Crippen molar-refractivity contribution >= 4 is 0 Å². The molecular weight excluding hydrogens is 480 g/mol. The van der Waals surface area contributed by atoms with Gasteiger partial charge in [-0.25, -0.2) is 0 Å². The maximum absolute atomic E-state index is 2.51. The first kappa shape index (κ1) is 26.3. The fraction of sp³-hybridized carbons (Fsp3) is 0.250. The highest BCUT2D eigenvalue weighted by atomic mass is 14.5. The van der Waals surface area contributed by atoms with Gasteiger partial charge in [-0.05, 0) is 60.9 Å². The molecule has 6 rings (SSSR count). The summed E-state index contributed by atoms with van der Waals surface area (Å²) >= 11 is 0. The van der Waals surface area contributed by atoms with E-state index < -0.39 is 5.41 Å². The summed E-state index contributed by atoms with van der Waals surface area (Å²) in [6.45, 7) is 13.9. The van der Waals surface area contributed by atoms with Crippen molar-refractivity contribution in [3.63, 3.8) is 0 Å². The molecular formula is C40H40. The molecule has 0 fully saturated rings. The summed E-state index contributed by atoms with van der Waals surface area (Å²) in [4.78, 5) is 0. The van der Waals surface area contributed by atoms with Gasteiger partial charge in [-0.15, -0.1) is 0 Å². The SMILES string of the molecule is CC(C)(C)c1ccc2c(c1)C(C(c1ccccc1)(c1ccccc1)c1ccccc1)c1cc(C(C)(C)C)ccc1-2. The van der Waals surface area contributed by atoms with Crippen molar-refractivity contribution in [2.24, 2.45) is 0 Å². The van der Waals surface area contributed by atoms with Gasteiger partial charge < -0.3 is 0 Å². The molecule has 0 aromatic heterocycles. The van der Waals surface area contributed by atoms with Gasteiger partial charge in [0.2, 0.25) is 0 Å². The monoisotopic (exact) mass is 520 g/mol. The van der Waals surface area contributed by atoms with Crippen LogP contribution in [0.25, 0.3) is 11.1 Å². The van der Waals surface area contributed by atoms with E-state index in [1.165, 1.54) is 50.1 Å². The highest BCUT2D eigenvalue weighted by Gasteiger charge is 2.49. The zero-order chi connectivity index (χ0) is 28.1. The minimum absolute atomic E-state index is 0.0554. The molecule has 0 spiro atoms. The minimum Gasteiger partial charge on any atom is -0.0622 e. The molecule has 0 saturated heterocycles. The fourth-order valence-electron chi connectivity index (χ4n) is 6.76. The summed E-state index contributed by atoms with van der Waals surface area (Å²) in [6, 6.07) is 48.1. The Labute approximate surface area is 240 Å². The van der Waals surface area contributed by atoms with Crippen molar-refractivity contribution in [1.29, 1.82) is 0 Å². The molecule has 1 aliphatic rings. The molecule has 0 aliphatic heterocycles. The van der Waals surface area contributed by atoms with Gasteiger partial charge in [-0.2, -0.15) is 0 Å². The molecule has 0 N–H and O–H groups in total. The molecule has 200 valence electrons. The van der Waals surface area contributed by atoms with Gasteiger partial charge in [0, 0.05) is 5.92 Å². The van der Waals surface area contributed by atoms with E-state index in [0.29, 0.717) is 0 Å². The van der Waals surface area contributed by atoms with Crippen molar-refractivity contribution in [2.75, 3.05) is 0 Å². The van der Waals surface area contributed by atoms with Gasteiger partial charge in [0.15, 0.2) is 0 Å².